The van der Waals surface area contributed by atoms with E-state index in [0.29, 0.717) is 24.0 Å². The Kier molecular flexibility index (Phi) is 3.31. The number of halogens is 3. The molecule has 0 spiro atoms. The van der Waals surface area contributed by atoms with Crippen molar-refractivity contribution in [3.63, 3.8) is 0 Å². The molecule has 1 aliphatic carbocycles. The van der Waals surface area contributed by atoms with Gasteiger partial charge in [-0.15, -0.1) is 0 Å². The van der Waals surface area contributed by atoms with E-state index >= 15 is 0 Å². The molecule has 0 radical (unpaired) electrons. The van der Waals surface area contributed by atoms with E-state index in [2.05, 4.69) is 19.2 Å². The lowest BCUT2D eigenvalue weighted by atomic mass is 9.73. The van der Waals surface area contributed by atoms with E-state index in [4.69, 9.17) is 0 Å². The molecule has 0 atom stereocenters. The molecule has 0 aliphatic heterocycles. The van der Waals surface area contributed by atoms with Gasteiger partial charge in [-0.2, -0.15) is 0 Å². The molecule has 0 aromatic heterocycles. The maximum Gasteiger partial charge on any atom is 0.152 e. The Morgan fingerprint density at radius 1 is 1.12 bits per heavy atom. The molecule has 17 heavy (non-hydrogen) atoms. The van der Waals surface area contributed by atoms with Gasteiger partial charge in [0.15, 0.2) is 11.6 Å². The zero-order valence-corrected chi connectivity index (χ0v) is 9.93. The van der Waals surface area contributed by atoms with Gasteiger partial charge in [0.05, 0.1) is 0 Å². The second-order valence-corrected chi connectivity index (χ2v) is 5.06. The van der Waals surface area contributed by atoms with E-state index < -0.39 is 17.5 Å². The van der Waals surface area contributed by atoms with Crippen LogP contribution in [0.2, 0.25) is 0 Å². The zero-order valence-electron chi connectivity index (χ0n) is 9.93. The average Bonchev–Trinajstić information content (AvgIpc) is 2.12. The molecule has 1 N–H and O–H groups in total. The highest BCUT2D eigenvalue weighted by Crippen LogP contribution is 2.36. The van der Waals surface area contributed by atoms with E-state index in [1.807, 2.05) is 0 Å². The standard InChI is InChI=1S/C13H16F3N/c1-7(2)8-3-10(4-8)17-13-11(15)5-9(14)6-12(13)16/h5-8,10,17H,3-4H2,1-2H3. The third-order valence-electron chi connectivity index (χ3n) is 3.47. The maximum atomic E-state index is 13.3. The predicted molar refractivity (Wildman–Crippen MR) is 61.3 cm³/mol. The summed E-state index contributed by atoms with van der Waals surface area (Å²) >= 11 is 0. The zero-order chi connectivity index (χ0) is 12.6. The molecule has 0 saturated heterocycles. The first kappa shape index (κ1) is 12.3. The van der Waals surface area contributed by atoms with Crippen LogP contribution in [0.25, 0.3) is 0 Å². The van der Waals surface area contributed by atoms with E-state index in [0.717, 1.165) is 12.8 Å². The Bertz CT molecular complexity index is 388. The Balaban J connectivity index is 2.01. The maximum absolute atomic E-state index is 13.3. The summed E-state index contributed by atoms with van der Waals surface area (Å²) in [7, 11) is 0. The lowest BCUT2D eigenvalue weighted by Gasteiger charge is -2.39. The second-order valence-electron chi connectivity index (χ2n) is 5.06. The topological polar surface area (TPSA) is 12.0 Å². The lowest BCUT2D eigenvalue weighted by Crippen LogP contribution is -2.38. The van der Waals surface area contributed by atoms with Gasteiger partial charge in [0, 0.05) is 18.2 Å². The third kappa shape index (κ3) is 2.56. The third-order valence-corrected chi connectivity index (χ3v) is 3.47. The minimum Gasteiger partial charge on any atom is -0.378 e. The second kappa shape index (κ2) is 4.59. The van der Waals surface area contributed by atoms with Crippen molar-refractivity contribution in [3.05, 3.63) is 29.6 Å². The molecule has 1 nitrogen and oxygen atoms in total. The summed E-state index contributed by atoms with van der Waals surface area (Å²) < 4.78 is 39.4. The monoisotopic (exact) mass is 243 g/mol. The van der Waals surface area contributed by atoms with Crippen LogP contribution >= 0.6 is 0 Å². The lowest BCUT2D eigenvalue weighted by molar-refractivity contribution is 0.211. The van der Waals surface area contributed by atoms with Crippen molar-refractivity contribution in [2.24, 2.45) is 11.8 Å². The molecule has 0 amide bonds. The molecule has 2 rings (SSSR count). The van der Waals surface area contributed by atoms with Crippen LogP contribution in [0.4, 0.5) is 18.9 Å². The van der Waals surface area contributed by atoms with Crippen molar-refractivity contribution in [1.82, 2.24) is 0 Å². The van der Waals surface area contributed by atoms with Gasteiger partial charge in [0.1, 0.15) is 11.5 Å². The van der Waals surface area contributed by atoms with Crippen molar-refractivity contribution in [2.75, 3.05) is 5.32 Å². The molecule has 94 valence electrons. The predicted octanol–water partition coefficient (Wildman–Crippen LogP) is 3.95. The summed E-state index contributed by atoms with van der Waals surface area (Å²) in [5.41, 5.74) is -0.210. The normalized spacial score (nSPS) is 23.6. The van der Waals surface area contributed by atoms with E-state index in [1.165, 1.54) is 0 Å². The smallest absolute Gasteiger partial charge is 0.152 e. The highest BCUT2D eigenvalue weighted by Gasteiger charge is 2.32. The van der Waals surface area contributed by atoms with Gasteiger partial charge in [-0.25, -0.2) is 13.2 Å². The fourth-order valence-corrected chi connectivity index (χ4v) is 2.21. The summed E-state index contributed by atoms with van der Waals surface area (Å²) in [6, 6.07) is 1.49. The summed E-state index contributed by atoms with van der Waals surface area (Å²) in [6.45, 7) is 4.28. The molecular formula is C13H16F3N. The summed E-state index contributed by atoms with van der Waals surface area (Å²) in [5, 5.41) is 2.81. The van der Waals surface area contributed by atoms with Gasteiger partial charge in [0.25, 0.3) is 0 Å². The first-order valence-corrected chi connectivity index (χ1v) is 5.88. The SMILES string of the molecule is CC(C)C1CC(Nc2c(F)cc(F)cc2F)C1. The molecule has 0 unspecified atom stereocenters. The van der Waals surface area contributed by atoms with Gasteiger partial charge in [-0.3, -0.25) is 0 Å². The van der Waals surface area contributed by atoms with E-state index in [-0.39, 0.29) is 11.7 Å². The fourth-order valence-electron chi connectivity index (χ4n) is 2.21. The molecule has 1 saturated carbocycles. The number of anilines is 1. The molecular weight excluding hydrogens is 227 g/mol. The molecule has 1 aromatic rings. The number of hydrogen-bond acceptors (Lipinski definition) is 1. The molecule has 1 fully saturated rings. The van der Waals surface area contributed by atoms with Crippen LogP contribution < -0.4 is 5.32 Å². The Morgan fingerprint density at radius 3 is 2.12 bits per heavy atom. The highest BCUT2D eigenvalue weighted by atomic mass is 19.1. The summed E-state index contributed by atoms with van der Waals surface area (Å²) in [4.78, 5) is 0. The molecule has 1 aromatic carbocycles. The van der Waals surface area contributed by atoms with Crippen LogP contribution in [0.1, 0.15) is 26.7 Å². The van der Waals surface area contributed by atoms with E-state index in [1.54, 1.807) is 0 Å². The van der Waals surface area contributed by atoms with Gasteiger partial charge in [-0.1, -0.05) is 13.8 Å². The van der Waals surface area contributed by atoms with Crippen LogP contribution in [0.3, 0.4) is 0 Å². The highest BCUT2D eigenvalue weighted by molar-refractivity contribution is 5.47. The van der Waals surface area contributed by atoms with Gasteiger partial charge in [-0.05, 0) is 24.7 Å². The molecule has 1 aliphatic rings. The van der Waals surface area contributed by atoms with Crippen LogP contribution in [0.15, 0.2) is 12.1 Å². The fraction of sp³-hybridized carbons (Fsp3) is 0.538. The van der Waals surface area contributed by atoms with Crippen molar-refractivity contribution < 1.29 is 13.2 Å². The van der Waals surface area contributed by atoms with Gasteiger partial charge < -0.3 is 5.32 Å². The van der Waals surface area contributed by atoms with Crippen molar-refractivity contribution in [1.29, 1.82) is 0 Å². The summed E-state index contributed by atoms with van der Waals surface area (Å²) in [6.07, 6.45) is 1.82. The Hall–Kier alpha value is -1.19. The van der Waals surface area contributed by atoms with Crippen molar-refractivity contribution in [2.45, 2.75) is 32.7 Å². The Morgan fingerprint density at radius 2 is 1.65 bits per heavy atom. The molecule has 0 bridgehead atoms. The van der Waals surface area contributed by atoms with E-state index in [9.17, 15) is 13.2 Å². The van der Waals surface area contributed by atoms with Crippen molar-refractivity contribution >= 4 is 5.69 Å². The number of benzene rings is 1. The van der Waals surface area contributed by atoms with Crippen LogP contribution in [0, 0.1) is 29.3 Å². The van der Waals surface area contributed by atoms with Crippen LogP contribution in [-0.2, 0) is 0 Å². The number of nitrogens with one attached hydrogen (secondary N) is 1. The first-order chi connectivity index (χ1) is 7.97. The molecule has 4 heteroatoms. The van der Waals surface area contributed by atoms with Crippen LogP contribution in [-0.4, -0.2) is 6.04 Å². The van der Waals surface area contributed by atoms with Crippen molar-refractivity contribution in [3.8, 4) is 0 Å². The van der Waals surface area contributed by atoms with Gasteiger partial charge in [0.2, 0.25) is 0 Å². The number of rotatable bonds is 3. The number of hydrogen-bond donors (Lipinski definition) is 1. The minimum atomic E-state index is -0.890. The summed E-state index contributed by atoms with van der Waals surface area (Å²) in [5.74, 6) is -1.42. The average molecular weight is 243 g/mol. The quantitative estimate of drug-likeness (QED) is 0.847. The first-order valence-electron chi connectivity index (χ1n) is 5.88. The van der Waals surface area contributed by atoms with Gasteiger partial charge >= 0.3 is 0 Å². The van der Waals surface area contributed by atoms with Crippen LogP contribution in [0.5, 0.6) is 0 Å². The minimum absolute atomic E-state index is 0.0943. The molecule has 0 heterocycles. The largest absolute Gasteiger partial charge is 0.378 e. The Labute approximate surface area is 99.0 Å².